The summed E-state index contributed by atoms with van der Waals surface area (Å²) in [6.45, 7) is 7.37. The number of nitrogens with one attached hydrogen (secondary N) is 2. The molecule has 10 heteroatoms. The van der Waals surface area contributed by atoms with E-state index >= 15 is 0 Å². The van der Waals surface area contributed by atoms with Gasteiger partial charge in [0.25, 0.3) is 11.8 Å². The summed E-state index contributed by atoms with van der Waals surface area (Å²) in [7, 11) is 0. The van der Waals surface area contributed by atoms with Crippen LogP contribution in [0.3, 0.4) is 0 Å². The van der Waals surface area contributed by atoms with E-state index in [1.54, 1.807) is 35.6 Å². The van der Waals surface area contributed by atoms with Gasteiger partial charge in [0.1, 0.15) is 10.8 Å². The Bertz CT molecular complexity index is 1520. The van der Waals surface area contributed by atoms with E-state index in [4.69, 9.17) is 4.52 Å². The molecule has 4 aromatic rings. The third kappa shape index (κ3) is 7.76. The van der Waals surface area contributed by atoms with Gasteiger partial charge in [0.05, 0.1) is 23.9 Å². The van der Waals surface area contributed by atoms with Gasteiger partial charge in [0.15, 0.2) is 0 Å². The van der Waals surface area contributed by atoms with Gasteiger partial charge in [-0.1, -0.05) is 55.4 Å². The van der Waals surface area contributed by atoms with Crippen molar-refractivity contribution < 1.29 is 19.2 Å². The maximum atomic E-state index is 13.6. The van der Waals surface area contributed by atoms with Crippen molar-refractivity contribution in [1.82, 2.24) is 25.7 Å². The maximum absolute atomic E-state index is 13.6. The Labute approximate surface area is 256 Å². The zero-order valence-corrected chi connectivity index (χ0v) is 25.6. The molecule has 9 nitrogen and oxygen atoms in total. The molecule has 0 spiro atoms. The van der Waals surface area contributed by atoms with Crippen molar-refractivity contribution in [3.63, 3.8) is 0 Å². The number of hydrogen-bond donors (Lipinski definition) is 3. The van der Waals surface area contributed by atoms with Crippen LogP contribution in [0.25, 0.3) is 0 Å². The Balaban J connectivity index is 1.26. The minimum absolute atomic E-state index is 0.0456. The van der Waals surface area contributed by atoms with Crippen molar-refractivity contribution >= 4 is 23.2 Å². The van der Waals surface area contributed by atoms with Gasteiger partial charge in [-0.2, -0.15) is 0 Å². The van der Waals surface area contributed by atoms with Crippen LogP contribution in [0.5, 0.6) is 0 Å². The lowest BCUT2D eigenvalue weighted by molar-refractivity contribution is 0.0735. The van der Waals surface area contributed by atoms with Crippen LogP contribution in [0.1, 0.15) is 87.1 Å². The minimum atomic E-state index is -0.877. The SMILES string of the molecule is Cc1csc([C@H]2CCCN2C(=O)c2cccc(C(=O)N[C@@H](Cc3ccccc3)[C@@H](O)CNCc3cc(C(C)C)on3)c2)n1. The molecule has 0 bridgehead atoms. The molecule has 43 heavy (non-hydrogen) atoms. The van der Waals surface area contributed by atoms with Crippen molar-refractivity contribution in [2.45, 2.75) is 70.7 Å². The summed E-state index contributed by atoms with van der Waals surface area (Å²) in [5, 5.41) is 24.5. The first-order chi connectivity index (χ1) is 20.8. The number of aliphatic hydroxyl groups excluding tert-OH is 1. The Hall–Kier alpha value is -3.86. The summed E-state index contributed by atoms with van der Waals surface area (Å²) in [6, 6.07) is 17.8. The second kappa shape index (κ2) is 14.1. The van der Waals surface area contributed by atoms with Crippen molar-refractivity contribution in [3.8, 4) is 0 Å². The first-order valence-corrected chi connectivity index (χ1v) is 15.7. The molecular formula is C33H39N5O4S. The van der Waals surface area contributed by atoms with E-state index in [1.807, 2.05) is 67.4 Å². The van der Waals surface area contributed by atoms with Crippen molar-refractivity contribution in [2.24, 2.45) is 0 Å². The number of carbonyl (C=O) groups is 2. The van der Waals surface area contributed by atoms with Crippen molar-refractivity contribution in [1.29, 1.82) is 0 Å². The topological polar surface area (TPSA) is 121 Å². The molecule has 0 aliphatic carbocycles. The average molecular weight is 602 g/mol. The van der Waals surface area contributed by atoms with Gasteiger partial charge >= 0.3 is 0 Å². The first kappa shape index (κ1) is 30.6. The lowest BCUT2D eigenvalue weighted by Crippen LogP contribution is -2.48. The number of amides is 2. The van der Waals surface area contributed by atoms with Crippen molar-refractivity contribution in [2.75, 3.05) is 13.1 Å². The van der Waals surface area contributed by atoms with E-state index < -0.39 is 12.1 Å². The molecule has 2 aromatic carbocycles. The molecule has 2 aromatic heterocycles. The van der Waals surface area contributed by atoms with Crippen LogP contribution in [0.4, 0.5) is 0 Å². The number of carbonyl (C=O) groups excluding carboxylic acids is 2. The number of aliphatic hydroxyl groups is 1. The molecule has 1 saturated heterocycles. The number of nitrogens with zero attached hydrogens (tertiary/aromatic N) is 3. The highest BCUT2D eigenvalue weighted by atomic mass is 32.1. The van der Waals surface area contributed by atoms with Gasteiger partial charge < -0.3 is 25.2 Å². The van der Waals surface area contributed by atoms with Gasteiger partial charge in [-0.3, -0.25) is 9.59 Å². The molecular weight excluding hydrogens is 562 g/mol. The molecule has 1 aliphatic rings. The monoisotopic (exact) mass is 601 g/mol. The summed E-state index contributed by atoms with van der Waals surface area (Å²) < 4.78 is 5.36. The molecule has 1 fully saturated rings. The van der Waals surface area contributed by atoms with Gasteiger partial charge in [0.2, 0.25) is 0 Å². The Kier molecular flexibility index (Phi) is 10.0. The summed E-state index contributed by atoms with van der Waals surface area (Å²) >= 11 is 1.58. The summed E-state index contributed by atoms with van der Waals surface area (Å²) in [4.78, 5) is 33.5. The van der Waals surface area contributed by atoms with Gasteiger partial charge in [-0.05, 0) is 49.9 Å². The fourth-order valence-electron chi connectivity index (χ4n) is 5.33. The van der Waals surface area contributed by atoms with Crippen molar-refractivity contribution in [3.05, 3.63) is 105 Å². The predicted octanol–water partition coefficient (Wildman–Crippen LogP) is 5.03. The summed E-state index contributed by atoms with van der Waals surface area (Å²) in [5.74, 6) is 0.598. The highest BCUT2D eigenvalue weighted by Gasteiger charge is 2.33. The molecule has 3 heterocycles. The quantitative estimate of drug-likeness (QED) is 0.208. The fourth-order valence-corrected chi connectivity index (χ4v) is 6.27. The molecule has 5 rings (SSSR count). The van der Waals surface area contributed by atoms with Crippen LogP contribution >= 0.6 is 11.3 Å². The normalized spacial score (nSPS) is 16.4. The van der Waals surface area contributed by atoms with Gasteiger partial charge in [0, 0.05) is 53.8 Å². The van der Waals surface area contributed by atoms with Crippen LogP contribution in [0.15, 0.2) is 70.6 Å². The molecule has 3 N–H and O–H groups in total. The number of rotatable bonds is 12. The molecule has 2 amide bonds. The standard InChI is InChI=1S/C33H39N5O4S/c1-21(2)30-17-26(37-42-30)18-34-19-29(39)27(15-23-9-5-4-6-10-23)36-31(40)24-11-7-12-25(16-24)33(41)38-14-8-13-28(38)32-35-22(3)20-43-32/h4-7,9-12,16-17,20-21,27-29,34,39H,8,13-15,18-19H2,1-3H3,(H,36,40)/t27-,28+,29-/m0/s1. The highest BCUT2D eigenvalue weighted by Crippen LogP contribution is 2.34. The molecule has 0 saturated carbocycles. The van der Waals surface area contributed by atoms with Crippen LogP contribution in [0.2, 0.25) is 0 Å². The lowest BCUT2D eigenvalue weighted by atomic mass is 10.00. The number of hydrogen-bond acceptors (Lipinski definition) is 8. The fraction of sp³-hybridized carbons (Fsp3) is 0.394. The lowest BCUT2D eigenvalue weighted by Gasteiger charge is -2.25. The zero-order chi connectivity index (χ0) is 30.3. The Morgan fingerprint density at radius 1 is 1.12 bits per heavy atom. The van der Waals surface area contributed by atoms with E-state index in [0.29, 0.717) is 30.6 Å². The highest BCUT2D eigenvalue weighted by molar-refractivity contribution is 7.09. The van der Waals surface area contributed by atoms with E-state index in [0.717, 1.165) is 40.6 Å². The van der Waals surface area contributed by atoms with Gasteiger partial charge in [-0.25, -0.2) is 4.98 Å². The first-order valence-electron chi connectivity index (χ1n) is 14.8. The number of aromatic nitrogens is 2. The zero-order valence-electron chi connectivity index (χ0n) is 24.8. The Morgan fingerprint density at radius 3 is 2.63 bits per heavy atom. The number of thiazole rings is 1. The van der Waals surface area contributed by atoms with E-state index in [-0.39, 0.29) is 30.3 Å². The maximum Gasteiger partial charge on any atom is 0.254 e. The van der Waals surface area contributed by atoms with E-state index in [2.05, 4.69) is 20.8 Å². The molecule has 1 aliphatic heterocycles. The minimum Gasteiger partial charge on any atom is -0.390 e. The molecule has 226 valence electrons. The van der Waals surface area contributed by atoms with Crippen LogP contribution in [0, 0.1) is 6.92 Å². The largest absolute Gasteiger partial charge is 0.390 e. The smallest absolute Gasteiger partial charge is 0.254 e. The summed E-state index contributed by atoms with van der Waals surface area (Å²) in [6.07, 6.45) is 1.36. The summed E-state index contributed by atoms with van der Waals surface area (Å²) in [5.41, 5.74) is 3.54. The van der Waals surface area contributed by atoms with Crippen LogP contribution < -0.4 is 10.6 Å². The molecule has 0 radical (unpaired) electrons. The number of likely N-dealkylation sites (tertiary alicyclic amines) is 1. The average Bonchev–Trinajstić information content (AvgIpc) is 3.78. The number of benzene rings is 2. The van der Waals surface area contributed by atoms with E-state index in [1.165, 1.54) is 0 Å². The second-order valence-electron chi connectivity index (χ2n) is 11.4. The third-order valence-electron chi connectivity index (χ3n) is 7.69. The predicted molar refractivity (Wildman–Crippen MR) is 166 cm³/mol. The van der Waals surface area contributed by atoms with Crippen LogP contribution in [-0.2, 0) is 13.0 Å². The third-order valence-corrected chi connectivity index (χ3v) is 8.76. The molecule has 3 atom stereocenters. The second-order valence-corrected chi connectivity index (χ2v) is 12.3. The van der Waals surface area contributed by atoms with Gasteiger partial charge in [-0.15, -0.1) is 11.3 Å². The molecule has 0 unspecified atom stereocenters. The Morgan fingerprint density at radius 2 is 1.91 bits per heavy atom. The van der Waals surface area contributed by atoms with E-state index in [9.17, 15) is 14.7 Å². The number of aryl methyl sites for hydroxylation is 1. The van der Waals surface area contributed by atoms with Crippen LogP contribution in [-0.4, -0.2) is 57.2 Å².